The number of hydrogen-bond donors (Lipinski definition) is 0. The first-order valence-electron chi connectivity index (χ1n) is 23.3. The maximum absolute atomic E-state index is 4.21. The van der Waals surface area contributed by atoms with Gasteiger partial charge in [-0.1, -0.05) is 217 Å². The summed E-state index contributed by atoms with van der Waals surface area (Å²) < 4.78 is 0. The second-order valence-corrected chi connectivity index (χ2v) is 19.4. The van der Waals surface area contributed by atoms with E-state index in [2.05, 4.69) is 252 Å². The molecule has 0 saturated carbocycles. The average molecular weight is 838 g/mol. The molecule has 0 aromatic heterocycles. The van der Waals surface area contributed by atoms with Crippen LogP contribution in [0.15, 0.2) is 225 Å². The normalized spacial score (nSPS) is 21.3. The first-order valence-corrected chi connectivity index (χ1v) is 23.3. The van der Waals surface area contributed by atoms with Crippen LogP contribution in [0.4, 0.5) is 17.1 Å². The second-order valence-electron chi connectivity index (χ2n) is 19.4. The molecule has 7 aromatic rings. The number of fused-ring (bicyclic) bond motifs is 5. The Morgan fingerprint density at radius 2 is 1.15 bits per heavy atom. The summed E-state index contributed by atoms with van der Waals surface area (Å²) in [4.78, 5) is 2.48. The Bertz CT molecular complexity index is 3200. The van der Waals surface area contributed by atoms with Crippen molar-refractivity contribution in [2.24, 2.45) is 5.92 Å². The molecule has 0 N–H and O–H groups in total. The van der Waals surface area contributed by atoms with E-state index in [0.29, 0.717) is 5.92 Å². The number of benzene rings is 7. The zero-order chi connectivity index (χ0) is 44.5. The van der Waals surface area contributed by atoms with E-state index in [1.807, 2.05) is 6.08 Å². The van der Waals surface area contributed by atoms with Gasteiger partial charge in [0.2, 0.25) is 0 Å². The molecule has 0 amide bonds. The van der Waals surface area contributed by atoms with Gasteiger partial charge in [0.1, 0.15) is 0 Å². The van der Waals surface area contributed by atoms with E-state index in [0.717, 1.165) is 23.5 Å². The molecule has 0 fully saturated rings. The molecule has 0 heterocycles. The summed E-state index contributed by atoms with van der Waals surface area (Å²) in [6.07, 6.45) is 16.2. The fourth-order valence-corrected chi connectivity index (χ4v) is 11.9. The van der Waals surface area contributed by atoms with Crippen molar-refractivity contribution in [3.05, 3.63) is 275 Å². The first kappa shape index (κ1) is 40.5. The Morgan fingerprint density at radius 3 is 1.91 bits per heavy atom. The molecular formula is C64H55N. The van der Waals surface area contributed by atoms with Gasteiger partial charge in [-0.05, 0) is 132 Å². The summed E-state index contributed by atoms with van der Waals surface area (Å²) >= 11 is 0. The third kappa shape index (κ3) is 6.35. The van der Waals surface area contributed by atoms with Gasteiger partial charge in [-0.2, -0.15) is 0 Å². The van der Waals surface area contributed by atoms with Crippen LogP contribution in [0.5, 0.6) is 0 Å². The molecular weight excluding hydrogens is 783 g/mol. The summed E-state index contributed by atoms with van der Waals surface area (Å²) in [7, 11) is 0. The highest BCUT2D eigenvalue weighted by atomic mass is 15.1. The molecule has 2 unspecified atom stereocenters. The fourth-order valence-electron chi connectivity index (χ4n) is 11.9. The number of allylic oxidation sites excluding steroid dienone is 11. The van der Waals surface area contributed by atoms with Gasteiger partial charge in [-0.15, -0.1) is 0 Å². The van der Waals surface area contributed by atoms with Crippen LogP contribution in [0.3, 0.4) is 0 Å². The molecule has 65 heavy (non-hydrogen) atoms. The fraction of sp³-hybridized carbons (Fsp3) is 0.156. The summed E-state index contributed by atoms with van der Waals surface area (Å²) in [5.74, 6) is 0.367. The molecule has 11 rings (SSSR count). The molecule has 0 spiro atoms. The van der Waals surface area contributed by atoms with Gasteiger partial charge < -0.3 is 4.90 Å². The van der Waals surface area contributed by atoms with Crippen molar-refractivity contribution in [3.8, 4) is 11.1 Å². The minimum absolute atomic E-state index is 0.135. The van der Waals surface area contributed by atoms with Gasteiger partial charge in [-0.25, -0.2) is 0 Å². The monoisotopic (exact) mass is 837 g/mol. The number of hydrogen-bond acceptors (Lipinski definition) is 1. The third-order valence-electron chi connectivity index (χ3n) is 14.9. The lowest BCUT2D eigenvalue weighted by Crippen LogP contribution is -2.27. The molecule has 4 aliphatic carbocycles. The molecule has 1 nitrogen and oxygen atoms in total. The van der Waals surface area contributed by atoms with Gasteiger partial charge >= 0.3 is 0 Å². The number of rotatable bonds is 7. The Labute approximate surface area is 385 Å². The zero-order valence-electron chi connectivity index (χ0n) is 38.1. The van der Waals surface area contributed by atoms with Gasteiger partial charge in [0.25, 0.3) is 0 Å². The van der Waals surface area contributed by atoms with Gasteiger partial charge in [0.05, 0.1) is 0 Å². The lowest BCUT2D eigenvalue weighted by atomic mass is 9.69. The second kappa shape index (κ2) is 15.5. The molecule has 7 aromatic carbocycles. The highest BCUT2D eigenvalue weighted by Crippen LogP contribution is 2.61. The van der Waals surface area contributed by atoms with E-state index in [9.17, 15) is 0 Å². The van der Waals surface area contributed by atoms with Crippen LogP contribution in [0.25, 0.3) is 27.8 Å². The van der Waals surface area contributed by atoms with Crippen LogP contribution in [-0.2, 0) is 16.2 Å². The van der Waals surface area contributed by atoms with E-state index >= 15 is 0 Å². The van der Waals surface area contributed by atoms with E-state index in [1.165, 1.54) is 83.5 Å². The van der Waals surface area contributed by atoms with Crippen LogP contribution in [0.2, 0.25) is 0 Å². The van der Waals surface area contributed by atoms with Crippen LogP contribution in [-0.4, -0.2) is 0 Å². The van der Waals surface area contributed by atoms with Gasteiger partial charge in [0.15, 0.2) is 0 Å². The SMILES string of the molecule is C=C/C=C1\C(=C2/CC(c3ccccc3)(c3cccc(N(c4ccc(C5=CC(C)C=CC=C5)cc4)c4ccc5c(c4)C(C)(C)c4ccccc4-5)c3)c3ccccc32)C(C)(C)c2ccccc21. The van der Waals surface area contributed by atoms with E-state index < -0.39 is 5.41 Å². The van der Waals surface area contributed by atoms with Crippen LogP contribution in [0.1, 0.15) is 91.1 Å². The highest BCUT2D eigenvalue weighted by Gasteiger charge is 2.49. The van der Waals surface area contributed by atoms with Crippen molar-refractivity contribution in [1.82, 2.24) is 0 Å². The van der Waals surface area contributed by atoms with Gasteiger partial charge in [0, 0.05) is 33.3 Å². The smallest absolute Gasteiger partial charge is 0.0498 e. The topological polar surface area (TPSA) is 3.24 Å². The molecule has 1 heteroatoms. The van der Waals surface area contributed by atoms with Crippen molar-refractivity contribution in [2.75, 3.05) is 4.90 Å². The largest absolute Gasteiger partial charge is 0.310 e. The predicted molar refractivity (Wildman–Crippen MR) is 276 cm³/mol. The minimum Gasteiger partial charge on any atom is -0.310 e. The van der Waals surface area contributed by atoms with Crippen molar-refractivity contribution in [2.45, 2.75) is 57.3 Å². The highest BCUT2D eigenvalue weighted by molar-refractivity contribution is 6.00. The van der Waals surface area contributed by atoms with E-state index in [-0.39, 0.29) is 10.8 Å². The van der Waals surface area contributed by atoms with Gasteiger partial charge in [-0.3, -0.25) is 0 Å². The maximum atomic E-state index is 4.21. The zero-order valence-corrected chi connectivity index (χ0v) is 38.1. The number of anilines is 3. The molecule has 316 valence electrons. The molecule has 2 atom stereocenters. The molecule has 0 bridgehead atoms. The lowest BCUT2D eigenvalue weighted by molar-refractivity contribution is 0.641. The first-order chi connectivity index (χ1) is 31.6. The molecule has 0 radical (unpaired) electrons. The standard InChI is InChI=1S/C64H55N/c1-7-20-55-52-28-14-17-31-58(52)63(5,6)61(55)56-42-64(46-23-9-8-10-24-46,59-32-18-15-29-53(56)59)47-25-19-26-49(40-47)65(48-35-33-44(34-36-48)45-22-12-11-21-43(2)39-45)50-37-38-54-51-27-13-16-30-57(51)62(3,4)60(54)41-50/h7-41,43H,1,42H2,2-6H3/b55-20-,61-56-. The van der Waals surface area contributed by atoms with Crippen LogP contribution in [0, 0.1) is 5.92 Å². The molecule has 4 aliphatic rings. The summed E-state index contributed by atoms with van der Waals surface area (Å²) in [5, 5.41) is 0. The Kier molecular flexibility index (Phi) is 9.67. The van der Waals surface area contributed by atoms with E-state index in [4.69, 9.17) is 0 Å². The Hall–Kier alpha value is -7.22. The summed E-state index contributed by atoms with van der Waals surface area (Å²) in [6.45, 7) is 16.0. The molecule has 0 aliphatic heterocycles. The number of nitrogens with zero attached hydrogens (tertiary/aromatic N) is 1. The predicted octanol–water partition coefficient (Wildman–Crippen LogP) is 16.7. The quantitative estimate of drug-likeness (QED) is 0.155. The van der Waals surface area contributed by atoms with Crippen molar-refractivity contribution in [1.29, 1.82) is 0 Å². The van der Waals surface area contributed by atoms with E-state index in [1.54, 1.807) is 0 Å². The third-order valence-corrected chi connectivity index (χ3v) is 14.9. The van der Waals surface area contributed by atoms with Crippen molar-refractivity contribution >= 4 is 33.8 Å². The Balaban J connectivity index is 1.12. The summed E-state index contributed by atoms with van der Waals surface area (Å²) in [5.41, 5.74) is 22.4. The van der Waals surface area contributed by atoms with Crippen LogP contribution >= 0.6 is 0 Å². The summed E-state index contributed by atoms with van der Waals surface area (Å²) in [6, 6.07) is 64.1. The van der Waals surface area contributed by atoms with Crippen LogP contribution < -0.4 is 4.90 Å². The average Bonchev–Trinajstić information content (AvgIpc) is 3.78. The van der Waals surface area contributed by atoms with Crippen molar-refractivity contribution < 1.29 is 0 Å². The Morgan fingerprint density at radius 1 is 0.538 bits per heavy atom. The molecule has 0 saturated heterocycles. The maximum Gasteiger partial charge on any atom is 0.0498 e. The van der Waals surface area contributed by atoms with Crippen molar-refractivity contribution in [3.63, 3.8) is 0 Å². The lowest BCUT2D eigenvalue weighted by Gasteiger charge is -2.34. The minimum atomic E-state index is -0.458.